The number of rotatable bonds is 5. The molecule has 0 unspecified atom stereocenters. The number of carbonyl (C=O) groups is 1. The predicted molar refractivity (Wildman–Crippen MR) is 82.1 cm³/mol. The number of aryl methyl sites for hydroxylation is 2. The summed E-state index contributed by atoms with van der Waals surface area (Å²) in [5.74, 6) is 0.195. The Hall–Kier alpha value is -2.49. The summed E-state index contributed by atoms with van der Waals surface area (Å²) in [6.45, 7) is 4.15. The highest BCUT2D eigenvalue weighted by Gasteiger charge is 2.06. The van der Waals surface area contributed by atoms with E-state index in [1.54, 1.807) is 24.3 Å². The standard InChI is InChI=1S/C17H19NO3/c1-12-3-4-13(2)14(9-12)10-21-17(19)11-20-16-7-5-15(18)6-8-16/h3-9H,10-11,18H2,1-2H3. The second kappa shape index (κ2) is 6.79. The zero-order valence-corrected chi connectivity index (χ0v) is 12.3. The summed E-state index contributed by atoms with van der Waals surface area (Å²) >= 11 is 0. The first-order valence-electron chi connectivity index (χ1n) is 6.74. The lowest BCUT2D eigenvalue weighted by Gasteiger charge is -2.09. The summed E-state index contributed by atoms with van der Waals surface area (Å²) in [7, 11) is 0. The van der Waals surface area contributed by atoms with Gasteiger partial charge in [-0.1, -0.05) is 23.8 Å². The van der Waals surface area contributed by atoms with Gasteiger partial charge < -0.3 is 15.2 Å². The normalized spacial score (nSPS) is 10.2. The number of carbonyl (C=O) groups excluding carboxylic acids is 1. The first-order valence-corrected chi connectivity index (χ1v) is 6.74. The predicted octanol–water partition coefficient (Wildman–Crippen LogP) is 3.01. The maximum absolute atomic E-state index is 11.7. The number of nitrogens with two attached hydrogens (primary N) is 1. The molecule has 0 aromatic heterocycles. The van der Waals surface area contributed by atoms with Crippen LogP contribution >= 0.6 is 0 Å². The third-order valence-corrected chi connectivity index (χ3v) is 3.13. The number of hydrogen-bond acceptors (Lipinski definition) is 4. The zero-order chi connectivity index (χ0) is 15.2. The lowest BCUT2D eigenvalue weighted by atomic mass is 10.1. The van der Waals surface area contributed by atoms with E-state index in [-0.39, 0.29) is 13.2 Å². The molecule has 0 saturated carbocycles. The van der Waals surface area contributed by atoms with Gasteiger partial charge in [-0.05, 0) is 49.2 Å². The van der Waals surface area contributed by atoms with E-state index in [0.29, 0.717) is 11.4 Å². The number of hydrogen-bond donors (Lipinski definition) is 1. The average Bonchev–Trinajstić information content (AvgIpc) is 2.47. The summed E-state index contributed by atoms with van der Waals surface area (Å²) in [4.78, 5) is 11.7. The molecule has 0 saturated heterocycles. The molecule has 2 N–H and O–H groups in total. The van der Waals surface area contributed by atoms with Crippen LogP contribution in [0.2, 0.25) is 0 Å². The van der Waals surface area contributed by atoms with Gasteiger partial charge in [-0.2, -0.15) is 0 Å². The molecule has 0 amide bonds. The zero-order valence-electron chi connectivity index (χ0n) is 12.3. The molecular formula is C17H19NO3. The van der Waals surface area contributed by atoms with Crippen molar-refractivity contribution in [3.63, 3.8) is 0 Å². The molecule has 0 spiro atoms. The molecule has 2 aromatic rings. The van der Waals surface area contributed by atoms with Crippen LogP contribution in [0, 0.1) is 13.8 Å². The van der Waals surface area contributed by atoms with E-state index in [1.807, 2.05) is 32.0 Å². The minimum Gasteiger partial charge on any atom is -0.482 e. The van der Waals surface area contributed by atoms with E-state index in [9.17, 15) is 4.79 Å². The van der Waals surface area contributed by atoms with Crippen molar-refractivity contribution < 1.29 is 14.3 Å². The van der Waals surface area contributed by atoms with Gasteiger partial charge in [0.15, 0.2) is 6.61 Å². The van der Waals surface area contributed by atoms with Crippen LogP contribution in [0.3, 0.4) is 0 Å². The quantitative estimate of drug-likeness (QED) is 0.677. The van der Waals surface area contributed by atoms with Crippen molar-refractivity contribution in [2.75, 3.05) is 12.3 Å². The number of ether oxygens (including phenoxy) is 2. The molecule has 0 atom stereocenters. The van der Waals surface area contributed by atoms with Gasteiger partial charge >= 0.3 is 5.97 Å². The Morgan fingerprint density at radius 3 is 2.52 bits per heavy atom. The Labute approximate surface area is 124 Å². The van der Waals surface area contributed by atoms with Gasteiger partial charge in [-0.15, -0.1) is 0 Å². The first kappa shape index (κ1) is 14.9. The lowest BCUT2D eigenvalue weighted by Crippen LogP contribution is -2.15. The lowest BCUT2D eigenvalue weighted by molar-refractivity contribution is -0.147. The number of esters is 1. The van der Waals surface area contributed by atoms with Gasteiger partial charge in [0.2, 0.25) is 0 Å². The van der Waals surface area contributed by atoms with Crippen LogP contribution < -0.4 is 10.5 Å². The summed E-state index contributed by atoms with van der Waals surface area (Å²) < 4.78 is 10.6. The van der Waals surface area contributed by atoms with Gasteiger partial charge in [0.1, 0.15) is 12.4 Å². The summed E-state index contributed by atoms with van der Waals surface area (Å²) in [6, 6.07) is 12.9. The second-order valence-corrected chi connectivity index (χ2v) is 4.95. The molecule has 4 nitrogen and oxygen atoms in total. The van der Waals surface area contributed by atoms with E-state index >= 15 is 0 Å². The van der Waals surface area contributed by atoms with Crippen LogP contribution in [0.5, 0.6) is 5.75 Å². The van der Waals surface area contributed by atoms with Crippen LogP contribution in [0.25, 0.3) is 0 Å². The molecule has 2 aromatic carbocycles. The molecule has 110 valence electrons. The molecule has 0 aliphatic carbocycles. The van der Waals surface area contributed by atoms with Crippen molar-refractivity contribution in [1.29, 1.82) is 0 Å². The summed E-state index contributed by atoms with van der Waals surface area (Å²) in [6.07, 6.45) is 0. The molecule has 21 heavy (non-hydrogen) atoms. The summed E-state index contributed by atoms with van der Waals surface area (Å²) in [5, 5.41) is 0. The van der Waals surface area contributed by atoms with Gasteiger partial charge in [0.05, 0.1) is 0 Å². The fourth-order valence-corrected chi connectivity index (χ4v) is 1.86. The van der Waals surface area contributed by atoms with Gasteiger partial charge in [0.25, 0.3) is 0 Å². The second-order valence-electron chi connectivity index (χ2n) is 4.95. The number of anilines is 1. The van der Waals surface area contributed by atoms with Crippen molar-refractivity contribution >= 4 is 11.7 Å². The third-order valence-electron chi connectivity index (χ3n) is 3.13. The fraction of sp³-hybridized carbons (Fsp3) is 0.235. The topological polar surface area (TPSA) is 61.5 Å². The molecule has 0 aliphatic heterocycles. The third kappa shape index (κ3) is 4.53. The largest absolute Gasteiger partial charge is 0.482 e. The minimum absolute atomic E-state index is 0.116. The highest BCUT2D eigenvalue weighted by Crippen LogP contribution is 2.14. The molecule has 0 heterocycles. The van der Waals surface area contributed by atoms with Crippen LogP contribution in [-0.4, -0.2) is 12.6 Å². The van der Waals surface area contributed by atoms with Crippen LogP contribution in [0.4, 0.5) is 5.69 Å². The molecule has 0 radical (unpaired) electrons. The van der Waals surface area contributed by atoms with Crippen molar-refractivity contribution in [3.05, 3.63) is 59.2 Å². The van der Waals surface area contributed by atoms with Crippen LogP contribution in [-0.2, 0) is 16.1 Å². The van der Waals surface area contributed by atoms with E-state index < -0.39 is 5.97 Å². The van der Waals surface area contributed by atoms with E-state index in [4.69, 9.17) is 15.2 Å². The average molecular weight is 285 g/mol. The van der Waals surface area contributed by atoms with E-state index in [0.717, 1.165) is 16.7 Å². The SMILES string of the molecule is Cc1ccc(C)c(COC(=O)COc2ccc(N)cc2)c1. The minimum atomic E-state index is -0.396. The molecule has 4 heteroatoms. The highest BCUT2D eigenvalue weighted by molar-refractivity contribution is 5.71. The van der Waals surface area contributed by atoms with Crippen molar-refractivity contribution in [2.24, 2.45) is 0 Å². The van der Waals surface area contributed by atoms with Crippen molar-refractivity contribution in [2.45, 2.75) is 20.5 Å². The van der Waals surface area contributed by atoms with E-state index in [2.05, 4.69) is 0 Å². The highest BCUT2D eigenvalue weighted by atomic mass is 16.6. The Morgan fingerprint density at radius 2 is 1.81 bits per heavy atom. The molecule has 0 fully saturated rings. The molecular weight excluding hydrogens is 266 g/mol. The van der Waals surface area contributed by atoms with Crippen LogP contribution in [0.1, 0.15) is 16.7 Å². The van der Waals surface area contributed by atoms with Gasteiger partial charge in [-0.25, -0.2) is 4.79 Å². The molecule has 0 bridgehead atoms. The fourth-order valence-electron chi connectivity index (χ4n) is 1.86. The Morgan fingerprint density at radius 1 is 1.10 bits per heavy atom. The molecule has 2 rings (SSSR count). The number of nitrogen functional groups attached to an aromatic ring is 1. The number of benzene rings is 2. The van der Waals surface area contributed by atoms with Gasteiger partial charge in [0, 0.05) is 5.69 Å². The Bertz CT molecular complexity index is 620. The van der Waals surface area contributed by atoms with Gasteiger partial charge in [-0.3, -0.25) is 0 Å². The monoisotopic (exact) mass is 285 g/mol. The van der Waals surface area contributed by atoms with Crippen molar-refractivity contribution in [3.8, 4) is 5.75 Å². The maximum Gasteiger partial charge on any atom is 0.344 e. The smallest absolute Gasteiger partial charge is 0.344 e. The first-order chi connectivity index (χ1) is 10.0. The Balaban J connectivity index is 1.82. The Kier molecular flexibility index (Phi) is 4.82. The van der Waals surface area contributed by atoms with E-state index in [1.165, 1.54) is 0 Å². The maximum atomic E-state index is 11.7. The van der Waals surface area contributed by atoms with Crippen molar-refractivity contribution in [1.82, 2.24) is 0 Å². The summed E-state index contributed by atoms with van der Waals surface area (Å²) in [5.41, 5.74) is 9.48. The van der Waals surface area contributed by atoms with Crippen LogP contribution in [0.15, 0.2) is 42.5 Å². The molecule has 0 aliphatic rings.